The molecule has 2 rings (SSSR count). The molecule has 1 aliphatic heterocycles. The molecule has 1 aliphatic rings. The average molecular weight is 340 g/mol. The van der Waals surface area contributed by atoms with Crippen LogP contribution in [0.25, 0.3) is 0 Å². The Hall–Kier alpha value is -1.60. The fourth-order valence-electron chi connectivity index (χ4n) is 2.62. The highest BCUT2D eigenvalue weighted by Gasteiger charge is 2.26. The van der Waals surface area contributed by atoms with Gasteiger partial charge in [0.1, 0.15) is 5.75 Å². The van der Waals surface area contributed by atoms with Crippen molar-refractivity contribution in [1.82, 2.24) is 9.62 Å². The summed E-state index contributed by atoms with van der Waals surface area (Å²) >= 11 is 0. The number of hydrogen-bond acceptors (Lipinski definition) is 4. The lowest BCUT2D eigenvalue weighted by Crippen LogP contribution is -2.48. The summed E-state index contributed by atoms with van der Waals surface area (Å²) in [5.74, 6) is 0.447. The van der Waals surface area contributed by atoms with Crippen LogP contribution in [-0.4, -0.2) is 45.0 Å². The average Bonchev–Trinajstić information content (AvgIpc) is 2.55. The number of carbonyl (C=O) groups excluding carboxylic acids is 1. The molecular formula is C16H24N2O4S. The number of rotatable bonds is 6. The van der Waals surface area contributed by atoms with Gasteiger partial charge in [0.2, 0.25) is 15.9 Å². The first-order valence-corrected chi connectivity index (χ1v) is 9.46. The number of piperidine rings is 1. The van der Waals surface area contributed by atoms with Crippen molar-refractivity contribution in [1.29, 1.82) is 0 Å². The molecule has 1 amide bonds. The third-order valence-corrected chi connectivity index (χ3v) is 5.37. The van der Waals surface area contributed by atoms with Crippen molar-refractivity contribution in [3.05, 3.63) is 24.3 Å². The van der Waals surface area contributed by atoms with Crippen LogP contribution in [0.2, 0.25) is 0 Å². The molecular weight excluding hydrogens is 316 g/mol. The Labute approximate surface area is 137 Å². The van der Waals surface area contributed by atoms with Crippen molar-refractivity contribution in [3.63, 3.8) is 0 Å². The van der Waals surface area contributed by atoms with Gasteiger partial charge in [0.25, 0.3) is 0 Å². The molecule has 0 saturated carbocycles. The molecule has 23 heavy (non-hydrogen) atoms. The Balaban J connectivity index is 2.02. The van der Waals surface area contributed by atoms with Gasteiger partial charge in [0.15, 0.2) is 0 Å². The molecule has 6 nitrogen and oxygen atoms in total. The Kier molecular flexibility index (Phi) is 6.01. The zero-order valence-corrected chi connectivity index (χ0v) is 14.4. The van der Waals surface area contributed by atoms with Gasteiger partial charge in [0, 0.05) is 13.1 Å². The first-order valence-electron chi connectivity index (χ1n) is 7.98. The van der Waals surface area contributed by atoms with Crippen LogP contribution in [0, 0.1) is 0 Å². The maximum Gasteiger partial charge on any atom is 0.241 e. The van der Waals surface area contributed by atoms with E-state index in [1.54, 1.807) is 24.0 Å². The lowest BCUT2D eigenvalue weighted by atomic mass is 10.1. The molecule has 7 heteroatoms. The summed E-state index contributed by atoms with van der Waals surface area (Å²) in [6.07, 6.45) is 3.07. The number of nitrogens with one attached hydrogen (secondary N) is 1. The highest BCUT2D eigenvalue weighted by molar-refractivity contribution is 7.89. The van der Waals surface area contributed by atoms with Crippen LogP contribution < -0.4 is 9.46 Å². The molecule has 1 aromatic rings. The van der Waals surface area contributed by atoms with Gasteiger partial charge in [-0.1, -0.05) is 0 Å². The van der Waals surface area contributed by atoms with Gasteiger partial charge in [-0.25, -0.2) is 8.42 Å². The van der Waals surface area contributed by atoms with E-state index < -0.39 is 16.1 Å². The Bertz CT molecular complexity index is 622. The molecule has 0 aliphatic carbocycles. The highest BCUT2D eigenvalue weighted by Crippen LogP contribution is 2.17. The van der Waals surface area contributed by atoms with Gasteiger partial charge in [-0.05, 0) is 57.4 Å². The maximum atomic E-state index is 12.4. The first kappa shape index (κ1) is 17.7. The Morgan fingerprint density at radius 3 is 2.39 bits per heavy atom. The second-order valence-electron chi connectivity index (χ2n) is 5.63. The van der Waals surface area contributed by atoms with Gasteiger partial charge < -0.3 is 9.64 Å². The molecule has 1 N–H and O–H groups in total. The monoisotopic (exact) mass is 340 g/mol. The number of benzene rings is 1. The van der Waals surface area contributed by atoms with Gasteiger partial charge in [0.05, 0.1) is 17.5 Å². The highest BCUT2D eigenvalue weighted by atomic mass is 32.2. The van der Waals surface area contributed by atoms with Crippen LogP contribution in [0.15, 0.2) is 29.2 Å². The van der Waals surface area contributed by atoms with Crippen LogP contribution >= 0.6 is 0 Å². The zero-order chi connectivity index (χ0) is 16.9. The molecule has 1 saturated heterocycles. The largest absolute Gasteiger partial charge is 0.494 e. The van der Waals surface area contributed by atoms with Gasteiger partial charge in [-0.3, -0.25) is 4.79 Å². The van der Waals surface area contributed by atoms with Crippen LogP contribution in [0.4, 0.5) is 0 Å². The lowest BCUT2D eigenvalue weighted by Gasteiger charge is -2.29. The number of amides is 1. The van der Waals surface area contributed by atoms with Gasteiger partial charge >= 0.3 is 0 Å². The fraction of sp³-hybridized carbons (Fsp3) is 0.562. The molecule has 0 spiro atoms. The predicted octanol–water partition coefficient (Wildman–Crippen LogP) is 1.76. The third-order valence-electron chi connectivity index (χ3n) is 3.82. The summed E-state index contributed by atoms with van der Waals surface area (Å²) in [7, 11) is -3.73. The van der Waals surface area contributed by atoms with Crippen LogP contribution in [0.3, 0.4) is 0 Å². The molecule has 0 radical (unpaired) electrons. The van der Waals surface area contributed by atoms with Crippen molar-refractivity contribution in [2.75, 3.05) is 19.7 Å². The van der Waals surface area contributed by atoms with E-state index in [-0.39, 0.29) is 10.8 Å². The Morgan fingerprint density at radius 2 is 1.83 bits per heavy atom. The van der Waals surface area contributed by atoms with Crippen LogP contribution in [-0.2, 0) is 14.8 Å². The summed E-state index contributed by atoms with van der Waals surface area (Å²) < 4.78 is 32.5. The summed E-state index contributed by atoms with van der Waals surface area (Å²) in [4.78, 5) is 14.2. The van der Waals surface area contributed by atoms with E-state index in [0.29, 0.717) is 25.4 Å². The van der Waals surface area contributed by atoms with Gasteiger partial charge in [-0.15, -0.1) is 0 Å². The number of ether oxygens (including phenoxy) is 1. The zero-order valence-electron chi connectivity index (χ0n) is 13.6. The minimum Gasteiger partial charge on any atom is -0.494 e. The molecule has 128 valence electrons. The molecule has 1 fully saturated rings. The van der Waals surface area contributed by atoms with Crippen molar-refractivity contribution >= 4 is 15.9 Å². The first-order chi connectivity index (χ1) is 10.9. The van der Waals surface area contributed by atoms with E-state index in [1.807, 2.05) is 6.92 Å². The molecule has 1 unspecified atom stereocenters. The fourth-order valence-corrected chi connectivity index (χ4v) is 3.82. The number of carbonyl (C=O) groups is 1. The predicted molar refractivity (Wildman–Crippen MR) is 87.8 cm³/mol. The standard InChI is InChI=1S/C16H24N2O4S/c1-3-22-14-7-9-15(10-8-14)23(20,21)17-13(2)16(19)18-11-5-4-6-12-18/h7-10,13,17H,3-6,11-12H2,1-2H3. The minimum absolute atomic E-state index is 0.124. The molecule has 1 aromatic carbocycles. The summed E-state index contributed by atoms with van der Waals surface area (Å²) in [6.45, 7) is 5.37. The molecule has 0 aromatic heterocycles. The van der Waals surface area contributed by atoms with E-state index >= 15 is 0 Å². The van der Waals surface area contributed by atoms with Crippen molar-refractivity contribution in [2.24, 2.45) is 0 Å². The van der Waals surface area contributed by atoms with E-state index in [4.69, 9.17) is 4.74 Å². The topological polar surface area (TPSA) is 75.7 Å². The second-order valence-corrected chi connectivity index (χ2v) is 7.35. The minimum atomic E-state index is -3.73. The number of hydrogen-bond donors (Lipinski definition) is 1. The smallest absolute Gasteiger partial charge is 0.241 e. The molecule has 1 heterocycles. The second kappa shape index (κ2) is 7.79. The number of sulfonamides is 1. The SMILES string of the molecule is CCOc1ccc(S(=O)(=O)NC(C)C(=O)N2CCCCC2)cc1. The summed E-state index contributed by atoms with van der Waals surface area (Å²) in [5, 5.41) is 0. The van der Waals surface area contributed by atoms with Crippen LogP contribution in [0.5, 0.6) is 5.75 Å². The van der Waals surface area contributed by atoms with E-state index in [0.717, 1.165) is 19.3 Å². The Morgan fingerprint density at radius 1 is 1.22 bits per heavy atom. The van der Waals surface area contributed by atoms with E-state index in [9.17, 15) is 13.2 Å². The van der Waals surface area contributed by atoms with Crippen LogP contribution in [0.1, 0.15) is 33.1 Å². The molecule has 1 atom stereocenters. The van der Waals surface area contributed by atoms with Crippen molar-refractivity contribution in [2.45, 2.75) is 44.0 Å². The molecule has 0 bridgehead atoms. The number of likely N-dealkylation sites (tertiary alicyclic amines) is 1. The summed E-state index contributed by atoms with van der Waals surface area (Å²) in [5.41, 5.74) is 0. The quantitative estimate of drug-likeness (QED) is 0.856. The normalized spacial score (nSPS) is 16.9. The lowest BCUT2D eigenvalue weighted by molar-refractivity contribution is -0.133. The number of nitrogens with zero attached hydrogens (tertiary/aromatic N) is 1. The third kappa shape index (κ3) is 4.68. The van der Waals surface area contributed by atoms with Gasteiger partial charge in [-0.2, -0.15) is 4.72 Å². The van der Waals surface area contributed by atoms with E-state index in [1.165, 1.54) is 12.1 Å². The van der Waals surface area contributed by atoms with Crippen molar-refractivity contribution in [3.8, 4) is 5.75 Å². The van der Waals surface area contributed by atoms with E-state index in [2.05, 4.69) is 4.72 Å². The summed E-state index contributed by atoms with van der Waals surface area (Å²) in [6, 6.07) is 5.39. The van der Waals surface area contributed by atoms with Crippen molar-refractivity contribution < 1.29 is 17.9 Å². The maximum absolute atomic E-state index is 12.4.